The number of ether oxygens (including phenoxy) is 1. The van der Waals surface area contributed by atoms with E-state index >= 15 is 0 Å². The molecule has 0 unspecified atom stereocenters. The van der Waals surface area contributed by atoms with Gasteiger partial charge in [-0.1, -0.05) is 0 Å². The van der Waals surface area contributed by atoms with Gasteiger partial charge in [0.25, 0.3) is 0 Å². The number of aliphatic carboxylic acids is 1. The van der Waals surface area contributed by atoms with Gasteiger partial charge in [-0.25, -0.2) is 4.98 Å². The number of aromatic nitrogens is 2. The zero-order valence-corrected chi connectivity index (χ0v) is 10.1. The molecule has 17 heavy (non-hydrogen) atoms. The molecule has 0 saturated heterocycles. The lowest BCUT2D eigenvalue weighted by atomic mass is 10.3. The van der Waals surface area contributed by atoms with Gasteiger partial charge in [0.2, 0.25) is 0 Å². The van der Waals surface area contributed by atoms with E-state index in [1.165, 1.54) is 0 Å². The molecule has 0 bridgehead atoms. The van der Waals surface area contributed by atoms with Gasteiger partial charge in [-0.3, -0.25) is 4.79 Å². The summed E-state index contributed by atoms with van der Waals surface area (Å²) in [5, 5.41) is 8.57. The highest BCUT2D eigenvalue weighted by Gasteiger charge is 2.05. The van der Waals surface area contributed by atoms with Crippen LogP contribution in [0.2, 0.25) is 0 Å². The Morgan fingerprint density at radius 3 is 2.94 bits per heavy atom. The third-order valence-corrected chi connectivity index (χ3v) is 2.31. The number of rotatable bonds is 4. The van der Waals surface area contributed by atoms with Crippen LogP contribution in [0.3, 0.4) is 0 Å². The average Bonchev–Trinajstić information content (AvgIpc) is 2.67. The highest BCUT2D eigenvalue weighted by atomic mass is 35.5. The Balaban J connectivity index is 0.00000144. The monoisotopic (exact) mass is 256 g/mol. The molecule has 0 aliphatic carbocycles. The molecular weight excluding hydrogens is 244 g/mol. The number of aryl methyl sites for hydroxylation is 1. The number of hydrogen-bond acceptors (Lipinski definition) is 3. The van der Waals surface area contributed by atoms with E-state index < -0.39 is 5.97 Å². The summed E-state index contributed by atoms with van der Waals surface area (Å²) in [6.07, 6.45) is 0.489. The molecule has 0 saturated carbocycles. The summed E-state index contributed by atoms with van der Waals surface area (Å²) in [5.74, 6) is 0.615. The number of carboxylic acids is 1. The molecule has 2 aromatic rings. The van der Waals surface area contributed by atoms with Crippen LogP contribution in [0, 0.1) is 0 Å². The maximum atomic E-state index is 10.4. The number of benzene rings is 1. The SMILES string of the molecule is COc1ccc2nc(CCC(=O)O)[nH]c2c1.Cl. The molecule has 1 aromatic carbocycles. The van der Waals surface area contributed by atoms with Crippen molar-refractivity contribution in [3.63, 3.8) is 0 Å². The predicted octanol–water partition coefficient (Wildman–Crippen LogP) is 2.01. The number of H-pyrrole nitrogens is 1. The van der Waals surface area contributed by atoms with Crippen LogP contribution in [0.4, 0.5) is 0 Å². The Bertz CT molecular complexity index is 524. The summed E-state index contributed by atoms with van der Waals surface area (Å²) in [6.45, 7) is 0. The van der Waals surface area contributed by atoms with Gasteiger partial charge in [0.1, 0.15) is 11.6 Å². The smallest absolute Gasteiger partial charge is 0.303 e. The van der Waals surface area contributed by atoms with Gasteiger partial charge in [0.05, 0.1) is 24.6 Å². The van der Waals surface area contributed by atoms with Crippen LogP contribution < -0.4 is 4.74 Å². The van der Waals surface area contributed by atoms with Gasteiger partial charge in [-0.15, -0.1) is 12.4 Å². The fourth-order valence-corrected chi connectivity index (χ4v) is 1.51. The van der Waals surface area contributed by atoms with Crippen molar-refractivity contribution in [2.75, 3.05) is 7.11 Å². The minimum absolute atomic E-state index is 0. The lowest BCUT2D eigenvalue weighted by Crippen LogP contribution is -1.98. The second-order valence-corrected chi connectivity index (χ2v) is 3.46. The first-order valence-electron chi connectivity index (χ1n) is 4.93. The zero-order chi connectivity index (χ0) is 11.5. The number of carboxylic acid groups (broad SMARTS) is 1. The third-order valence-electron chi connectivity index (χ3n) is 2.31. The van der Waals surface area contributed by atoms with Gasteiger partial charge >= 0.3 is 5.97 Å². The summed E-state index contributed by atoms with van der Waals surface area (Å²) in [7, 11) is 1.60. The van der Waals surface area contributed by atoms with Crippen molar-refractivity contribution in [3.05, 3.63) is 24.0 Å². The molecule has 0 aliphatic rings. The van der Waals surface area contributed by atoms with Crippen molar-refractivity contribution >= 4 is 29.4 Å². The summed E-state index contributed by atoms with van der Waals surface area (Å²) in [5.41, 5.74) is 1.68. The summed E-state index contributed by atoms with van der Waals surface area (Å²) in [6, 6.07) is 5.51. The largest absolute Gasteiger partial charge is 0.497 e. The molecule has 1 aromatic heterocycles. The molecule has 0 spiro atoms. The maximum absolute atomic E-state index is 10.4. The Morgan fingerprint density at radius 2 is 2.29 bits per heavy atom. The summed E-state index contributed by atoms with van der Waals surface area (Å²) >= 11 is 0. The number of nitrogens with one attached hydrogen (secondary N) is 1. The molecule has 0 amide bonds. The molecule has 1 heterocycles. The number of methoxy groups -OCH3 is 1. The quantitative estimate of drug-likeness (QED) is 0.877. The Labute approximate surface area is 104 Å². The van der Waals surface area contributed by atoms with E-state index in [1.807, 2.05) is 18.2 Å². The molecule has 5 nitrogen and oxygen atoms in total. The maximum Gasteiger partial charge on any atom is 0.303 e. The number of hydrogen-bond donors (Lipinski definition) is 2. The van der Waals surface area contributed by atoms with Crippen molar-refractivity contribution in [2.24, 2.45) is 0 Å². The van der Waals surface area contributed by atoms with Crippen LogP contribution in [0.1, 0.15) is 12.2 Å². The first-order valence-corrected chi connectivity index (χ1v) is 4.93. The molecular formula is C11H13ClN2O3. The van der Waals surface area contributed by atoms with Crippen LogP contribution in [-0.4, -0.2) is 28.2 Å². The molecule has 0 atom stereocenters. The molecule has 2 N–H and O–H groups in total. The Kier molecular flexibility index (Phi) is 4.34. The Morgan fingerprint density at radius 1 is 1.53 bits per heavy atom. The van der Waals surface area contributed by atoms with E-state index in [0.717, 1.165) is 16.8 Å². The lowest BCUT2D eigenvalue weighted by Gasteiger charge is -1.96. The molecule has 2 rings (SSSR count). The standard InChI is InChI=1S/C11H12N2O3.ClH/c1-16-7-2-3-8-9(6-7)13-10(12-8)4-5-11(14)15;/h2-3,6H,4-5H2,1H3,(H,12,13)(H,14,15);1H. The van der Waals surface area contributed by atoms with Gasteiger partial charge < -0.3 is 14.8 Å². The van der Waals surface area contributed by atoms with Crippen LogP contribution in [-0.2, 0) is 11.2 Å². The van der Waals surface area contributed by atoms with E-state index in [1.54, 1.807) is 7.11 Å². The van der Waals surface area contributed by atoms with E-state index in [2.05, 4.69) is 9.97 Å². The second kappa shape index (κ2) is 5.54. The number of fused-ring (bicyclic) bond motifs is 1. The number of imidazole rings is 1. The lowest BCUT2D eigenvalue weighted by molar-refractivity contribution is -0.137. The second-order valence-electron chi connectivity index (χ2n) is 3.46. The van der Waals surface area contributed by atoms with Crippen LogP contribution in [0.15, 0.2) is 18.2 Å². The fourth-order valence-electron chi connectivity index (χ4n) is 1.51. The van der Waals surface area contributed by atoms with Crippen molar-refractivity contribution in [1.82, 2.24) is 9.97 Å². The van der Waals surface area contributed by atoms with E-state index in [4.69, 9.17) is 9.84 Å². The molecule has 92 valence electrons. The van der Waals surface area contributed by atoms with Crippen LogP contribution in [0.5, 0.6) is 5.75 Å². The minimum Gasteiger partial charge on any atom is -0.497 e. The van der Waals surface area contributed by atoms with Crippen molar-refractivity contribution in [3.8, 4) is 5.75 Å². The number of nitrogens with zero attached hydrogens (tertiary/aromatic N) is 1. The summed E-state index contributed by atoms with van der Waals surface area (Å²) in [4.78, 5) is 17.8. The van der Waals surface area contributed by atoms with E-state index in [-0.39, 0.29) is 18.8 Å². The number of aromatic amines is 1. The van der Waals surface area contributed by atoms with Crippen LogP contribution in [0.25, 0.3) is 11.0 Å². The topological polar surface area (TPSA) is 75.2 Å². The molecule has 0 aliphatic heterocycles. The highest BCUT2D eigenvalue weighted by molar-refractivity contribution is 5.85. The van der Waals surface area contributed by atoms with Gasteiger partial charge in [0, 0.05) is 12.5 Å². The van der Waals surface area contributed by atoms with E-state index in [9.17, 15) is 4.79 Å². The highest BCUT2D eigenvalue weighted by Crippen LogP contribution is 2.18. The Hall–Kier alpha value is -1.75. The van der Waals surface area contributed by atoms with Crippen molar-refractivity contribution in [1.29, 1.82) is 0 Å². The zero-order valence-electron chi connectivity index (χ0n) is 9.27. The number of halogens is 1. The number of carbonyl (C=O) groups is 1. The molecule has 6 heteroatoms. The van der Waals surface area contributed by atoms with Crippen LogP contribution >= 0.6 is 12.4 Å². The fraction of sp³-hybridized carbons (Fsp3) is 0.273. The van der Waals surface area contributed by atoms with Crippen molar-refractivity contribution < 1.29 is 14.6 Å². The first-order chi connectivity index (χ1) is 7.69. The predicted molar refractivity (Wildman–Crippen MR) is 65.9 cm³/mol. The third kappa shape index (κ3) is 3.10. The first kappa shape index (κ1) is 13.3. The van der Waals surface area contributed by atoms with Gasteiger partial charge in [-0.2, -0.15) is 0 Å². The van der Waals surface area contributed by atoms with Gasteiger partial charge in [-0.05, 0) is 12.1 Å². The minimum atomic E-state index is -0.821. The summed E-state index contributed by atoms with van der Waals surface area (Å²) < 4.78 is 5.09. The van der Waals surface area contributed by atoms with E-state index in [0.29, 0.717) is 12.2 Å². The average molecular weight is 257 g/mol. The molecule has 0 radical (unpaired) electrons. The normalized spacial score (nSPS) is 9.94. The molecule has 0 fully saturated rings. The van der Waals surface area contributed by atoms with Crippen molar-refractivity contribution in [2.45, 2.75) is 12.8 Å². The van der Waals surface area contributed by atoms with Gasteiger partial charge in [0.15, 0.2) is 0 Å².